The molecule has 106 valence electrons. The third kappa shape index (κ3) is 4.65. The van der Waals surface area contributed by atoms with E-state index >= 15 is 0 Å². The van der Waals surface area contributed by atoms with E-state index in [-0.39, 0.29) is 11.9 Å². The first-order valence-electron chi connectivity index (χ1n) is 6.29. The van der Waals surface area contributed by atoms with Gasteiger partial charge in [-0.25, -0.2) is 4.79 Å². The van der Waals surface area contributed by atoms with Gasteiger partial charge in [-0.15, -0.1) is 11.3 Å². The molecule has 0 radical (unpaired) electrons. The molecule has 5 nitrogen and oxygen atoms in total. The van der Waals surface area contributed by atoms with Crippen molar-refractivity contribution in [3.8, 4) is 0 Å². The molecule has 1 rings (SSSR count). The lowest BCUT2D eigenvalue weighted by atomic mass is 10.2. The number of carboxylic acids is 1. The van der Waals surface area contributed by atoms with E-state index in [1.54, 1.807) is 13.0 Å². The lowest BCUT2D eigenvalue weighted by Crippen LogP contribution is -2.42. The second kappa shape index (κ2) is 7.25. The van der Waals surface area contributed by atoms with Crippen LogP contribution in [0.1, 0.15) is 40.4 Å². The van der Waals surface area contributed by atoms with Crippen LogP contribution in [0, 0.1) is 6.92 Å². The third-order valence-corrected chi connectivity index (χ3v) is 3.85. The Labute approximate surface area is 117 Å². The lowest BCUT2D eigenvalue weighted by Gasteiger charge is -2.13. The highest BCUT2D eigenvalue weighted by molar-refractivity contribution is 7.14. The van der Waals surface area contributed by atoms with Crippen LogP contribution in [-0.4, -0.2) is 29.6 Å². The maximum absolute atomic E-state index is 11.7. The van der Waals surface area contributed by atoms with Crippen molar-refractivity contribution >= 4 is 23.2 Å². The number of aromatic carboxylic acids is 1. The number of hydrogen-bond donors (Lipinski definition) is 3. The molecule has 0 bridgehead atoms. The fourth-order valence-electron chi connectivity index (χ4n) is 1.56. The zero-order valence-corrected chi connectivity index (χ0v) is 12.3. The van der Waals surface area contributed by atoms with Gasteiger partial charge in [0.2, 0.25) is 5.91 Å². The van der Waals surface area contributed by atoms with Crippen molar-refractivity contribution in [1.82, 2.24) is 10.6 Å². The topological polar surface area (TPSA) is 78.4 Å². The lowest BCUT2D eigenvalue weighted by molar-refractivity contribution is -0.122. The SMILES string of the molecule is CCCNC(=O)C(C)NCc1cc(C(=O)O)sc1C. The number of carbonyl (C=O) groups is 2. The van der Waals surface area contributed by atoms with Gasteiger partial charge in [0, 0.05) is 18.0 Å². The largest absolute Gasteiger partial charge is 0.477 e. The number of nitrogens with one attached hydrogen (secondary N) is 2. The number of carboxylic acid groups (broad SMARTS) is 1. The van der Waals surface area contributed by atoms with E-state index in [1.165, 1.54) is 11.3 Å². The van der Waals surface area contributed by atoms with Crippen LogP contribution in [0.5, 0.6) is 0 Å². The Hall–Kier alpha value is -1.40. The van der Waals surface area contributed by atoms with Gasteiger partial charge in [-0.1, -0.05) is 6.92 Å². The second-order valence-corrected chi connectivity index (χ2v) is 5.65. The Morgan fingerprint density at radius 1 is 1.47 bits per heavy atom. The molecule has 6 heteroatoms. The van der Waals surface area contributed by atoms with E-state index in [2.05, 4.69) is 10.6 Å². The van der Waals surface area contributed by atoms with Gasteiger partial charge in [-0.2, -0.15) is 0 Å². The Balaban J connectivity index is 2.52. The molecule has 3 N–H and O–H groups in total. The highest BCUT2D eigenvalue weighted by Gasteiger charge is 2.14. The predicted molar refractivity (Wildman–Crippen MR) is 75.6 cm³/mol. The van der Waals surface area contributed by atoms with Crippen molar-refractivity contribution in [2.24, 2.45) is 0 Å². The third-order valence-electron chi connectivity index (χ3n) is 2.77. The van der Waals surface area contributed by atoms with Crippen LogP contribution in [0.25, 0.3) is 0 Å². The minimum absolute atomic E-state index is 0.0341. The van der Waals surface area contributed by atoms with Crippen LogP contribution in [0.4, 0.5) is 0 Å². The molecule has 1 aromatic rings. The van der Waals surface area contributed by atoms with E-state index in [0.717, 1.165) is 16.9 Å². The molecule has 19 heavy (non-hydrogen) atoms. The Kier molecular flexibility index (Phi) is 5.98. The molecule has 0 saturated carbocycles. The van der Waals surface area contributed by atoms with Crippen molar-refractivity contribution < 1.29 is 14.7 Å². The summed E-state index contributed by atoms with van der Waals surface area (Å²) in [6, 6.07) is 1.37. The van der Waals surface area contributed by atoms with Gasteiger partial charge in [-0.3, -0.25) is 4.79 Å². The molecule has 0 aromatic carbocycles. The number of aryl methyl sites for hydroxylation is 1. The number of hydrogen-bond acceptors (Lipinski definition) is 4. The summed E-state index contributed by atoms with van der Waals surface area (Å²) in [6.45, 7) is 6.85. The standard InChI is InChI=1S/C13H20N2O3S/c1-4-5-14-12(16)8(2)15-7-10-6-11(13(17)18)19-9(10)3/h6,8,15H,4-5,7H2,1-3H3,(H,14,16)(H,17,18). The van der Waals surface area contributed by atoms with Crippen LogP contribution < -0.4 is 10.6 Å². The average molecular weight is 284 g/mol. The molecule has 1 atom stereocenters. The van der Waals surface area contributed by atoms with Gasteiger partial charge < -0.3 is 15.7 Å². The van der Waals surface area contributed by atoms with Crippen molar-refractivity contribution in [2.45, 2.75) is 39.8 Å². The smallest absolute Gasteiger partial charge is 0.345 e. The summed E-state index contributed by atoms with van der Waals surface area (Å²) >= 11 is 1.26. The van der Waals surface area contributed by atoms with Gasteiger partial charge in [0.15, 0.2) is 0 Å². The average Bonchev–Trinajstić information content (AvgIpc) is 2.74. The van der Waals surface area contributed by atoms with Gasteiger partial charge >= 0.3 is 5.97 Å². The molecule has 0 aliphatic rings. The van der Waals surface area contributed by atoms with Crippen molar-refractivity contribution in [3.63, 3.8) is 0 Å². The summed E-state index contributed by atoms with van der Waals surface area (Å²) in [7, 11) is 0. The summed E-state index contributed by atoms with van der Waals surface area (Å²) in [5.74, 6) is -0.943. The molecule has 1 amide bonds. The Morgan fingerprint density at radius 3 is 2.68 bits per heavy atom. The first-order chi connectivity index (χ1) is 8.95. The highest BCUT2D eigenvalue weighted by atomic mass is 32.1. The summed E-state index contributed by atoms with van der Waals surface area (Å²) in [5.41, 5.74) is 0.928. The molecule has 1 heterocycles. The molecule has 1 unspecified atom stereocenters. The summed E-state index contributed by atoms with van der Waals surface area (Å²) in [4.78, 5) is 23.8. The highest BCUT2D eigenvalue weighted by Crippen LogP contribution is 2.21. The zero-order chi connectivity index (χ0) is 14.4. The predicted octanol–water partition coefficient (Wildman–Crippen LogP) is 1.76. The van der Waals surface area contributed by atoms with Crippen LogP contribution in [-0.2, 0) is 11.3 Å². The number of amides is 1. The van der Waals surface area contributed by atoms with Gasteiger partial charge in [0.05, 0.1) is 6.04 Å². The summed E-state index contributed by atoms with van der Waals surface area (Å²) < 4.78 is 0. The van der Waals surface area contributed by atoms with Gasteiger partial charge in [0.25, 0.3) is 0 Å². The Bertz CT molecular complexity index is 457. The normalized spacial score (nSPS) is 12.2. The Morgan fingerprint density at radius 2 is 2.16 bits per heavy atom. The van der Waals surface area contributed by atoms with E-state index in [1.807, 2.05) is 13.8 Å². The van der Waals surface area contributed by atoms with E-state index in [9.17, 15) is 9.59 Å². The minimum Gasteiger partial charge on any atom is -0.477 e. The molecular formula is C13H20N2O3S. The second-order valence-electron chi connectivity index (χ2n) is 4.39. The molecular weight excluding hydrogens is 264 g/mol. The number of thiophene rings is 1. The number of rotatable bonds is 7. The molecule has 1 aromatic heterocycles. The summed E-state index contributed by atoms with van der Waals surface area (Å²) in [5, 5.41) is 14.8. The van der Waals surface area contributed by atoms with Crippen molar-refractivity contribution in [3.05, 3.63) is 21.4 Å². The molecule has 0 fully saturated rings. The molecule has 0 spiro atoms. The van der Waals surface area contributed by atoms with Crippen LogP contribution >= 0.6 is 11.3 Å². The molecule has 0 saturated heterocycles. The fourth-order valence-corrected chi connectivity index (χ4v) is 2.44. The maximum atomic E-state index is 11.7. The maximum Gasteiger partial charge on any atom is 0.345 e. The molecule has 0 aliphatic heterocycles. The zero-order valence-electron chi connectivity index (χ0n) is 11.4. The minimum atomic E-state index is -0.909. The van der Waals surface area contributed by atoms with E-state index in [4.69, 9.17) is 5.11 Å². The van der Waals surface area contributed by atoms with E-state index in [0.29, 0.717) is 18.0 Å². The molecule has 0 aliphatic carbocycles. The number of carbonyl (C=O) groups excluding carboxylic acids is 1. The monoisotopic (exact) mass is 284 g/mol. The first-order valence-corrected chi connectivity index (χ1v) is 7.11. The van der Waals surface area contributed by atoms with Gasteiger partial charge in [0.1, 0.15) is 4.88 Å². The van der Waals surface area contributed by atoms with Crippen LogP contribution in [0.2, 0.25) is 0 Å². The van der Waals surface area contributed by atoms with Crippen molar-refractivity contribution in [2.75, 3.05) is 6.54 Å². The van der Waals surface area contributed by atoms with Gasteiger partial charge in [-0.05, 0) is 31.9 Å². The van der Waals surface area contributed by atoms with E-state index < -0.39 is 5.97 Å². The van der Waals surface area contributed by atoms with Crippen molar-refractivity contribution in [1.29, 1.82) is 0 Å². The fraction of sp³-hybridized carbons (Fsp3) is 0.538. The first kappa shape index (κ1) is 15.7. The van der Waals surface area contributed by atoms with Crippen LogP contribution in [0.3, 0.4) is 0 Å². The quantitative estimate of drug-likeness (QED) is 0.713. The summed E-state index contributed by atoms with van der Waals surface area (Å²) in [6.07, 6.45) is 0.907. The van der Waals surface area contributed by atoms with Crippen LogP contribution in [0.15, 0.2) is 6.07 Å².